The second kappa shape index (κ2) is 17.9. The molecule has 3 aliphatic rings. The first-order chi connectivity index (χ1) is 25.1. The maximum atomic E-state index is 14.4. The van der Waals surface area contributed by atoms with Crippen LogP contribution in [0.1, 0.15) is 79.2 Å². The fourth-order valence-electron chi connectivity index (χ4n) is 7.34. The van der Waals surface area contributed by atoms with Gasteiger partial charge in [0.15, 0.2) is 0 Å². The minimum absolute atomic E-state index is 0.0850. The van der Waals surface area contributed by atoms with Gasteiger partial charge in [-0.3, -0.25) is 28.8 Å². The van der Waals surface area contributed by atoms with Crippen LogP contribution in [0.2, 0.25) is 0 Å². The molecule has 3 aliphatic heterocycles. The highest BCUT2D eigenvalue weighted by atomic mass is 16.5. The molecule has 0 aliphatic carbocycles. The minimum atomic E-state index is -1.38. The number of nitrogens with one attached hydrogen (secondary N) is 3. The summed E-state index contributed by atoms with van der Waals surface area (Å²) >= 11 is 0. The Morgan fingerprint density at radius 1 is 0.887 bits per heavy atom. The summed E-state index contributed by atoms with van der Waals surface area (Å²) < 4.78 is 11.1. The summed E-state index contributed by atoms with van der Waals surface area (Å²) in [5.41, 5.74) is 0.723. The van der Waals surface area contributed by atoms with Crippen molar-refractivity contribution in [1.82, 2.24) is 30.7 Å². The van der Waals surface area contributed by atoms with Gasteiger partial charge in [0, 0.05) is 33.5 Å². The Balaban J connectivity index is 1.80. The molecule has 0 radical (unpaired) electrons. The van der Waals surface area contributed by atoms with E-state index >= 15 is 0 Å². The maximum absolute atomic E-state index is 14.4. The Bertz CT molecular complexity index is 1530. The molecule has 0 saturated carbocycles. The van der Waals surface area contributed by atoms with Crippen molar-refractivity contribution in [2.24, 2.45) is 11.8 Å². The summed E-state index contributed by atoms with van der Waals surface area (Å²) in [6, 6.07) is 0.623. The van der Waals surface area contributed by atoms with Gasteiger partial charge in [-0.2, -0.15) is 0 Å². The number of cyclic esters (lactones) is 1. The standard InChI is InChI=1S/C38H56N6O9/c1-9-22(4)31-37(50)44-19-11-13-28(44)36(49)43-18-10-12-27(43)35(48)42(7)29(20-25-14-16-26(52-8)17-15-25)33(46)40-30(21(2)3)38(51)53-23(5)32(34(47)41-31)39-24(6)45/h14-17,21-23,27-32H,9-13,18-20H2,1-8H3,(H,39,45)(H,40,46)(H,41,47)/t22-,23+,27-,28-,29-,30-,31?,32?/m0/s1. The predicted molar refractivity (Wildman–Crippen MR) is 194 cm³/mol. The highest BCUT2D eigenvalue weighted by Gasteiger charge is 2.46. The van der Waals surface area contributed by atoms with Gasteiger partial charge in [0.25, 0.3) is 0 Å². The summed E-state index contributed by atoms with van der Waals surface area (Å²) in [4.78, 5) is 101. The van der Waals surface area contributed by atoms with Gasteiger partial charge in [0.1, 0.15) is 48.1 Å². The Hall–Kier alpha value is -4.69. The zero-order chi connectivity index (χ0) is 39.1. The Morgan fingerprint density at radius 2 is 1.45 bits per heavy atom. The summed E-state index contributed by atoms with van der Waals surface area (Å²) in [7, 11) is 3.06. The van der Waals surface area contributed by atoms with Crippen LogP contribution in [0.4, 0.5) is 0 Å². The number of hydrogen-bond acceptors (Lipinski definition) is 9. The summed E-state index contributed by atoms with van der Waals surface area (Å²) in [6.45, 7) is 10.4. The lowest BCUT2D eigenvalue weighted by Crippen LogP contribution is -2.61. The van der Waals surface area contributed by atoms with Crippen molar-refractivity contribution >= 4 is 41.4 Å². The van der Waals surface area contributed by atoms with Crippen LogP contribution in [-0.2, 0) is 44.7 Å². The van der Waals surface area contributed by atoms with Crippen molar-refractivity contribution < 1.29 is 43.0 Å². The van der Waals surface area contributed by atoms with Crippen molar-refractivity contribution in [3.63, 3.8) is 0 Å². The number of benzene rings is 1. The lowest BCUT2D eigenvalue weighted by Gasteiger charge is -2.36. The normalized spacial score (nSPS) is 28.6. The SMILES string of the molecule is CC[C@H](C)C1NC(=O)C(NC(C)=O)[C@@H](C)OC(=O)[C@H](C(C)C)NC(=O)[C@H](Cc2ccc(OC)cc2)N(C)C(=O)[C@@H]2CCCN2C(=O)[C@@H]2CCCN2C1=O. The van der Waals surface area contributed by atoms with Gasteiger partial charge in [-0.1, -0.05) is 46.2 Å². The van der Waals surface area contributed by atoms with Crippen LogP contribution in [0.5, 0.6) is 5.75 Å². The Morgan fingerprint density at radius 3 is 2.00 bits per heavy atom. The molecule has 0 spiro atoms. The molecule has 1 aromatic rings. The molecule has 1 aromatic carbocycles. The van der Waals surface area contributed by atoms with E-state index in [1.165, 1.54) is 35.6 Å². The summed E-state index contributed by atoms with van der Waals surface area (Å²) in [6.07, 6.45) is 1.26. The molecule has 0 bridgehead atoms. The first-order valence-electron chi connectivity index (χ1n) is 18.7. The number of fused-ring (bicyclic) bond motifs is 2. The molecule has 15 heteroatoms. The first-order valence-corrected chi connectivity index (χ1v) is 18.7. The smallest absolute Gasteiger partial charge is 0.329 e. The van der Waals surface area contributed by atoms with Gasteiger partial charge in [0.2, 0.25) is 35.4 Å². The van der Waals surface area contributed by atoms with E-state index in [0.29, 0.717) is 44.4 Å². The van der Waals surface area contributed by atoms with E-state index in [-0.39, 0.29) is 24.8 Å². The molecule has 0 aromatic heterocycles. The first kappa shape index (κ1) is 41.1. The zero-order valence-electron chi connectivity index (χ0n) is 32.2. The van der Waals surface area contributed by atoms with Gasteiger partial charge >= 0.3 is 5.97 Å². The van der Waals surface area contributed by atoms with E-state index in [0.717, 1.165) is 5.56 Å². The average molecular weight is 741 g/mol. The molecule has 4 rings (SSSR count). The summed E-state index contributed by atoms with van der Waals surface area (Å²) in [5.74, 6) is -4.22. The Kier molecular flexibility index (Phi) is 13.9. The lowest BCUT2D eigenvalue weighted by molar-refractivity contribution is -0.157. The zero-order valence-corrected chi connectivity index (χ0v) is 32.2. The lowest BCUT2D eigenvalue weighted by atomic mass is 9.96. The number of ether oxygens (including phenoxy) is 2. The molecule has 53 heavy (non-hydrogen) atoms. The van der Waals surface area contributed by atoms with Crippen LogP contribution in [0, 0.1) is 11.8 Å². The monoisotopic (exact) mass is 740 g/mol. The fourth-order valence-corrected chi connectivity index (χ4v) is 7.34. The van der Waals surface area contributed by atoms with Crippen LogP contribution >= 0.6 is 0 Å². The number of amides is 6. The molecule has 292 valence electrons. The summed E-state index contributed by atoms with van der Waals surface area (Å²) in [5, 5.41) is 8.14. The van der Waals surface area contributed by atoms with Crippen LogP contribution in [0.3, 0.4) is 0 Å². The second-order valence-electron chi connectivity index (χ2n) is 14.8. The number of carbonyl (C=O) groups is 7. The maximum Gasteiger partial charge on any atom is 0.329 e. The third-order valence-electron chi connectivity index (χ3n) is 10.8. The van der Waals surface area contributed by atoms with E-state index in [1.807, 2.05) is 13.8 Å². The number of likely N-dealkylation sites (N-methyl/N-ethyl adjacent to an activating group) is 1. The second-order valence-corrected chi connectivity index (χ2v) is 14.8. The van der Waals surface area contributed by atoms with Gasteiger partial charge in [-0.05, 0) is 62.1 Å². The van der Waals surface area contributed by atoms with E-state index in [1.54, 1.807) is 45.2 Å². The third kappa shape index (κ3) is 9.46. The average Bonchev–Trinajstić information content (AvgIpc) is 3.83. The molecule has 15 nitrogen and oxygen atoms in total. The van der Waals surface area contributed by atoms with E-state index in [4.69, 9.17) is 9.47 Å². The van der Waals surface area contributed by atoms with Crippen LogP contribution in [-0.4, -0.2) is 126 Å². The third-order valence-corrected chi connectivity index (χ3v) is 10.8. The van der Waals surface area contributed by atoms with Crippen molar-refractivity contribution in [1.29, 1.82) is 0 Å². The van der Waals surface area contributed by atoms with Gasteiger partial charge < -0.3 is 40.1 Å². The van der Waals surface area contributed by atoms with E-state index in [9.17, 15) is 33.6 Å². The number of hydrogen-bond donors (Lipinski definition) is 3. The molecule has 8 atom stereocenters. The molecule has 3 fully saturated rings. The van der Waals surface area contributed by atoms with Crippen molar-refractivity contribution in [2.75, 3.05) is 27.2 Å². The van der Waals surface area contributed by atoms with Crippen LogP contribution in [0.25, 0.3) is 0 Å². The van der Waals surface area contributed by atoms with Crippen molar-refractivity contribution in [2.45, 2.75) is 122 Å². The molecule has 6 amide bonds. The van der Waals surface area contributed by atoms with Gasteiger partial charge in [-0.15, -0.1) is 0 Å². The highest BCUT2D eigenvalue weighted by molar-refractivity contribution is 5.98. The number of carbonyl (C=O) groups excluding carboxylic acids is 7. The molecule has 2 unspecified atom stereocenters. The van der Waals surface area contributed by atoms with Crippen molar-refractivity contribution in [3.8, 4) is 5.75 Å². The van der Waals surface area contributed by atoms with Crippen LogP contribution in [0.15, 0.2) is 24.3 Å². The molecular formula is C38H56N6O9. The molecule has 3 saturated heterocycles. The molecular weight excluding hydrogens is 684 g/mol. The number of nitrogens with zero attached hydrogens (tertiary/aromatic N) is 3. The molecule has 3 heterocycles. The number of methoxy groups -OCH3 is 1. The Labute approximate surface area is 311 Å². The van der Waals surface area contributed by atoms with Gasteiger partial charge in [0.05, 0.1) is 7.11 Å². The quantitative estimate of drug-likeness (QED) is 0.346. The van der Waals surface area contributed by atoms with E-state index < -0.39 is 83.8 Å². The van der Waals surface area contributed by atoms with Gasteiger partial charge in [-0.25, -0.2) is 4.79 Å². The largest absolute Gasteiger partial charge is 0.497 e. The van der Waals surface area contributed by atoms with E-state index in [2.05, 4.69) is 16.0 Å². The number of rotatable bonds is 7. The fraction of sp³-hybridized carbons (Fsp3) is 0.658. The number of esters is 1. The van der Waals surface area contributed by atoms with Crippen LogP contribution < -0.4 is 20.7 Å². The highest BCUT2D eigenvalue weighted by Crippen LogP contribution is 2.28. The predicted octanol–water partition coefficient (Wildman–Crippen LogP) is 1.17. The topological polar surface area (TPSA) is 184 Å². The molecule has 3 N–H and O–H groups in total. The van der Waals surface area contributed by atoms with Crippen molar-refractivity contribution in [3.05, 3.63) is 29.8 Å². The minimum Gasteiger partial charge on any atom is -0.497 e.